The molecule has 5 heterocycles. The number of aliphatic hydroxyl groups is 1. The van der Waals surface area contributed by atoms with Crippen molar-refractivity contribution < 1.29 is 83.3 Å². The highest BCUT2D eigenvalue weighted by Crippen LogP contribution is 2.30. The van der Waals surface area contributed by atoms with Crippen molar-refractivity contribution in [3.63, 3.8) is 0 Å². The zero-order valence-corrected chi connectivity index (χ0v) is 50.5. The Morgan fingerprint density at radius 1 is 0.598 bits per heavy atom. The summed E-state index contributed by atoms with van der Waals surface area (Å²) in [5, 5.41) is 35.6. The molecule has 2 aromatic carbocycles. The lowest BCUT2D eigenvalue weighted by Crippen LogP contribution is -2.44. The van der Waals surface area contributed by atoms with Crippen LogP contribution in [-0.2, 0) is 66.2 Å². The summed E-state index contributed by atoms with van der Waals surface area (Å²) in [5.41, 5.74) is -0.211. The van der Waals surface area contributed by atoms with Gasteiger partial charge in [0.2, 0.25) is 20.7 Å². The first-order valence-electron chi connectivity index (χ1n) is 24.7. The second kappa shape index (κ2) is 30.9. The number of benzene rings is 2. The number of carbonyl (C=O) groups excluding carboxylic acids is 6. The number of tetrazole rings is 2. The molecule has 33 heteroatoms. The van der Waals surface area contributed by atoms with Gasteiger partial charge in [-0.25, -0.2) is 37.2 Å². The van der Waals surface area contributed by atoms with Gasteiger partial charge in [-0.3, -0.25) is 18.9 Å². The van der Waals surface area contributed by atoms with Crippen molar-refractivity contribution in [1.82, 2.24) is 55.5 Å². The van der Waals surface area contributed by atoms with E-state index in [9.17, 15) is 50.7 Å². The average Bonchev–Trinajstić information content (AvgIpc) is 4.45. The molecule has 3 radical (unpaired) electrons. The first kappa shape index (κ1) is 71.1. The van der Waals surface area contributed by atoms with E-state index in [1.807, 2.05) is 60.7 Å². The van der Waals surface area contributed by atoms with Crippen LogP contribution in [0.4, 0.5) is 14.4 Å². The standard InChI is InChI=1S/C18H23N5O4.C12H21NO7S.C11H19NO5.C7H6N4.CH3ClO2S.B/c1-18(2,3)27-17(25)22-11-13(10-14(22)16(24)26-4)23-20-15(19-21-23)12-8-6-5-7-9-12;1-12(2,3)19-11(15)13-7-8(20-21(5,16)17)6-9(13)10(14)18-4;1-11(2,3)17-10(15)12-6-7(13)5-8(12)9(14)16-4;1-2-4-6(5-3-1)7-8-10-11-9-7;1-5(2,3)4;/h5-9,13-14H,10-11H2,1-4H3;8-9H,6-7H2,1-5H3;7-8,13H,5-6H2,1-4H3;1-5H,(H,8,9,10,11);1H3;/t13-,14+;8-,9-;7-,8-;;;/m100.../s1. The van der Waals surface area contributed by atoms with E-state index in [-0.39, 0.29) is 46.9 Å². The Bertz CT molecular complexity index is 2920. The highest BCUT2D eigenvalue weighted by atomic mass is 35.7. The van der Waals surface area contributed by atoms with Gasteiger partial charge in [0.25, 0.3) is 10.1 Å². The molecule has 3 amide bonds. The number of methoxy groups -OCH3 is 3. The van der Waals surface area contributed by atoms with Crippen LogP contribution in [0, 0.1) is 0 Å². The minimum Gasteiger partial charge on any atom is -0.467 e. The Kier molecular flexibility index (Phi) is 26.8. The Morgan fingerprint density at radius 2 is 0.988 bits per heavy atom. The first-order valence-corrected chi connectivity index (χ1v) is 29.3. The Hall–Kier alpha value is -7.03. The maximum absolute atomic E-state index is 12.5. The molecule has 0 aliphatic carbocycles. The number of aliphatic hydroxyl groups excluding tert-OH is 1. The molecule has 0 spiro atoms. The van der Waals surface area contributed by atoms with Crippen molar-refractivity contribution >= 4 is 74.5 Å². The number of esters is 3. The Labute approximate surface area is 483 Å². The maximum atomic E-state index is 12.5. The summed E-state index contributed by atoms with van der Waals surface area (Å²) in [6.45, 7) is 15.9. The fraction of sp³-hybridized carbons (Fsp3) is 0.592. The predicted octanol–water partition coefficient (Wildman–Crippen LogP) is 3.78. The lowest BCUT2D eigenvalue weighted by molar-refractivity contribution is -0.146. The van der Waals surface area contributed by atoms with Crippen molar-refractivity contribution in [3.05, 3.63) is 60.7 Å². The number of likely N-dealkylation sites (tertiary alicyclic amines) is 3. The number of β-amino-alcohol motifs (C(OH)–C–C–N with tert-alkyl or cyclic N) is 1. The molecule has 0 saturated carbocycles. The highest BCUT2D eigenvalue weighted by molar-refractivity contribution is 8.13. The molecule has 0 unspecified atom stereocenters. The van der Waals surface area contributed by atoms with Gasteiger partial charge in [-0.2, -0.15) is 18.4 Å². The normalized spacial score (nSPS) is 19.5. The van der Waals surface area contributed by atoms with Gasteiger partial charge < -0.3 is 33.5 Å². The van der Waals surface area contributed by atoms with Crippen LogP contribution in [0.25, 0.3) is 22.8 Å². The number of nitrogens with zero attached hydrogens (tertiary/aromatic N) is 10. The molecule has 7 rings (SSSR count). The summed E-state index contributed by atoms with van der Waals surface area (Å²) in [7, 11) is 1.37. The molecule has 2 aromatic heterocycles. The molecule has 4 aromatic rings. The van der Waals surface area contributed by atoms with E-state index in [0.29, 0.717) is 18.1 Å². The molecule has 2 N–H and O–H groups in total. The molecule has 6 atom stereocenters. The molecule has 3 aliphatic heterocycles. The molecule has 3 aliphatic rings. The summed E-state index contributed by atoms with van der Waals surface area (Å²) in [6.07, 6.45) is -0.999. The monoisotopic (exact) mass is 1210 g/mol. The molecular weight excluding hydrogens is 1140 g/mol. The predicted molar refractivity (Wildman–Crippen MR) is 294 cm³/mol. The van der Waals surface area contributed by atoms with Gasteiger partial charge in [0.1, 0.15) is 34.9 Å². The van der Waals surface area contributed by atoms with E-state index in [2.05, 4.69) is 56.2 Å². The number of hydrogen-bond acceptors (Lipinski definition) is 24. The summed E-state index contributed by atoms with van der Waals surface area (Å²) in [6, 6.07) is 16.4. The number of amides is 3. The van der Waals surface area contributed by atoms with Gasteiger partial charge >= 0.3 is 36.2 Å². The second-order valence-electron chi connectivity index (χ2n) is 21.0. The maximum Gasteiger partial charge on any atom is 0.411 e. The number of aromatic amines is 1. The van der Waals surface area contributed by atoms with Gasteiger partial charge in [0.05, 0.1) is 65.2 Å². The average molecular weight is 1210 g/mol. The van der Waals surface area contributed by atoms with E-state index in [1.54, 1.807) is 62.3 Å². The largest absolute Gasteiger partial charge is 0.467 e. The smallest absolute Gasteiger partial charge is 0.411 e. The van der Waals surface area contributed by atoms with Crippen LogP contribution in [0.5, 0.6) is 0 Å². The molecule has 453 valence electrons. The van der Waals surface area contributed by atoms with Gasteiger partial charge in [-0.15, -0.1) is 20.4 Å². The lowest BCUT2D eigenvalue weighted by Gasteiger charge is -2.27. The Balaban J connectivity index is 0.000000375. The van der Waals surface area contributed by atoms with Crippen LogP contribution in [0.1, 0.15) is 87.6 Å². The number of carbonyl (C=O) groups is 6. The zero-order valence-electron chi connectivity index (χ0n) is 48.1. The van der Waals surface area contributed by atoms with Crippen LogP contribution in [0.15, 0.2) is 60.7 Å². The number of H-pyrrole nitrogens is 1. The summed E-state index contributed by atoms with van der Waals surface area (Å²) >= 11 is 0. The van der Waals surface area contributed by atoms with E-state index in [0.717, 1.165) is 28.5 Å². The highest BCUT2D eigenvalue weighted by Gasteiger charge is 2.46. The molecule has 82 heavy (non-hydrogen) atoms. The van der Waals surface area contributed by atoms with Crippen molar-refractivity contribution in [2.45, 2.75) is 135 Å². The minimum atomic E-state index is -3.68. The number of nitrogens with one attached hydrogen (secondary N) is 1. The first-order chi connectivity index (χ1) is 37.4. The van der Waals surface area contributed by atoms with E-state index < -0.39 is 102 Å². The summed E-state index contributed by atoms with van der Waals surface area (Å²) in [5.74, 6) is -0.550. The third-order valence-corrected chi connectivity index (χ3v) is 11.2. The van der Waals surface area contributed by atoms with Gasteiger partial charge in [-0.1, -0.05) is 60.7 Å². The quantitative estimate of drug-likeness (QED) is 0.0833. The number of rotatable bonds is 8. The van der Waals surface area contributed by atoms with Crippen LogP contribution in [0.3, 0.4) is 0 Å². The molecule has 3 saturated heterocycles. The SMILES string of the molecule is COC(=O)[C@@H]1C[C@@H](n2nnc(-c3ccccc3)n2)CN1C(=O)OC(C)(C)C.COC(=O)[C@@H]1C[C@H](O)CN1C(=O)OC(C)(C)C.COC(=O)[C@@H]1C[C@H](OS(C)(=O)=O)CN1C(=O)OC(C)(C)C.CS(=O)(=O)Cl.[B].c1ccc(-c2nn[nH]n2)cc1. The van der Waals surface area contributed by atoms with E-state index >= 15 is 0 Å². The van der Waals surface area contributed by atoms with Crippen molar-refractivity contribution in [3.8, 4) is 22.8 Å². The molecule has 29 nitrogen and oxygen atoms in total. The van der Waals surface area contributed by atoms with Gasteiger partial charge in [-0.05, 0) is 72.7 Å². The van der Waals surface area contributed by atoms with E-state index in [1.165, 1.54) is 35.9 Å². The molecular formula is C49H72BClN11O18S2. The van der Waals surface area contributed by atoms with E-state index in [4.69, 9.17) is 23.1 Å². The fourth-order valence-electron chi connectivity index (χ4n) is 7.51. The third kappa shape index (κ3) is 25.0. The topological polar surface area (TPSA) is 363 Å². The van der Waals surface area contributed by atoms with Crippen LogP contribution in [0.2, 0.25) is 0 Å². The van der Waals surface area contributed by atoms with Crippen molar-refractivity contribution in [1.29, 1.82) is 0 Å². The molecule has 3 fully saturated rings. The minimum absolute atomic E-state index is 0. The third-order valence-electron chi connectivity index (χ3n) is 10.6. The van der Waals surface area contributed by atoms with Crippen molar-refractivity contribution in [2.75, 3.05) is 53.5 Å². The van der Waals surface area contributed by atoms with Crippen LogP contribution >= 0.6 is 10.7 Å². The number of ether oxygens (including phenoxy) is 6. The summed E-state index contributed by atoms with van der Waals surface area (Å²) in [4.78, 5) is 76.9. The Morgan fingerprint density at radius 3 is 1.38 bits per heavy atom. The van der Waals surface area contributed by atoms with Crippen molar-refractivity contribution in [2.24, 2.45) is 0 Å². The summed E-state index contributed by atoms with van der Waals surface area (Å²) < 4.78 is 75.8. The van der Waals surface area contributed by atoms with Crippen LogP contribution in [-0.4, -0.2) is 223 Å². The lowest BCUT2D eigenvalue weighted by atomic mass is 10.2. The number of halogens is 1. The zero-order chi connectivity index (χ0) is 61.3. The second-order valence-corrected chi connectivity index (χ2v) is 25.7. The number of aromatic nitrogens is 8. The van der Waals surface area contributed by atoms with Crippen LogP contribution < -0.4 is 0 Å². The number of hydrogen-bond donors (Lipinski definition) is 2. The van der Waals surface area contributed by atoms with Gasteiger partial charge in [0.15, 0.2) is 0 Å². The van der Waals surface area contributed by atoms with Gasteiger partial charge in [0, 0.05) is 56.0 Å². The fourth-order valence-corrected chi connectivity index (χ4v) is 8.14. The molecule has 0 bridgehead atoms.